The van der Waals surface area contributed by atoms with Crippen molar-refractivity contribution in [2.75, 3.05) is 18.1 Å². The number of hydrogen-bond donors (Lipinski definition) is 0. The predicted molar refractivity (Wildman–Crippen MR) is 91.3 cm³/mol. The summed E-state index contributed by atoms with van der Waals surface area (Å²) in [6.45, 7) is 7.50. The van der Waals surface area contributed by atoms with Crippen molar-refractivity contribution in [2.24, 2.45) is 0 Å². The minimum atomic E-state index is -0.0845. The molecular weight excluding hydrogens is 288 g/mol. The quantitative estimate of drug-likeness (QED) is 0.865. The number of anilines is 1. The van der Waals surface area contributed by atoms with Gasteiger partial charge in [0.15, 0.2) is 11.4 Å². The third kappa shape index (κ3) is 2.93. The van der Waals surface area contributed by atoms with Gasteiger partial charge in [0.1, 0.15) is 0 Å². The molecule has 1 amide bonds. The lowest BCUT2D eigenvalue weighted by atomic mass is 10.0. The molecule has 0 unspecified atom stereocenters. The van der Waals surface area contributed by atoms with Crippen molar-refractivity contribution in [2.45, 2.75) is 33.6 Å². The number of benzene rings is 1. The van der Waals surface area contributed by atoms with Crippen LogP contribution in [0.25, 0.3) is 0 Å². The highest BCUT2D eigenvalue weighted by Gasteiger charge is 2.28. The first-order valence-corrected chi connectivity index (χ1v) is 8.11. The van der Waals surface area contributed by atoms with Crippen molar-refractivity contribution in [1.29, 1.82) is 0 Å². The van der Waals surface area contributed by atoms with Gasteiger partial charge in [-0.05, 0) is 61.6 Å². The molecular formula is C19H22N2O2. The van der Waals surface area contributed by atoms with Gasteiger partial charge in [-0.1, -0.05) is 13.0 Å². The Morgan fingerprint density at radius 2 is 2.09 bits per heavy atom. The molecule has 0 aliphatic carbocycles. The SMILES string of the molecule is CCCOc1cccnc1C(=O)N1CCc2cc(C)c(C)cc21. The van der Waals surface area contributed by atoms with Gasteiger partial charge in [-0.2, -0.15) is 0 Å². The molecule has 0 fully saturated rings. The topological polar surface area (TPSA) is 42.4 Å². The Labute approximate surface area is 137 Å². The molecule has 0 saturated heterocycles. The van der Waals surface area contributed by atoms with Gasteiger partial charge in [-0.15, -0.1) is 0 Å². The van der Waals surface area contributed by atoms with E-state index < -0.39 is 0 Å². The summed E-state index contributed by atoms with van der Waals surface area (Å²) < 4.78 is 5.69. The average Bonchev–Trinajstić information content (AvgIpc) is 2.95. The number of aromatic nitrogens is 1. The number of carbonyl (C=O) groups excluding carboxylic acids is 1. The molecule has 0 spiro atoms. The highest BCUT2D eigenvalue weighted by molar-refractivity contribution is 6.07. The molecule has 1 aromatic carbocycles. The molecule has 120 valence electrons. The number of aryl methyl sites for hydroxylation is 2. The molecule has 0 saturated carbocycles. The van der Waals surface area contributed by atoms with Crippen LogP contribution in [-0.2, 0) is 6.42 Å². The van der Waals surface area contributed by atoms with Crippen LogP contribution in [0.1, 0.15) is 40.5 Å². The number of rotatable bonds is 4. The van der Waals surface area contributed by atoms with E-state index >= 15 is 0 Å². The second-order valence-corrected chi connectivity index (χ2v) is 5.97. The van der Waals surface area contributed by atoms with Crippen molar-refractivity contribution in [3.8, 4) is 5.75 Å². The van der Waals surface area contributed by atoms with Crippen LogP contribution < -0.4 is 9.64 Å². The smallest absolute Gasteiger partial charge is 0.280 e. The maximum absolute atomic E-state index is 13.0. The fraction of sp³-hybridized carbons (Fsp3) is 0.368. The minimum Gasteiger partial charge on any atom is -0.491 e. The van der Waals surface area contributed by atoms with Gasteiger partial charge < -0.3 is 9.64 Å². The van der Waals surface area contributed by atoms with E-state index in [0.717, 1.165) is 18.5 Å². The first-order chi connectivity index (χ1) is 11.1. The lowest BCUT2D eigenvalue weighted by Gasteiger charge is -2.19. The molecule has 1 aromatic heterocycles. The van der Waals surface area contributed by atoms with Crippen LogP contribution in [0.3, 0.4) is 0 Å². The molecule has 23 heavy (non-hydrogen) atoms. The second-order valence-electron chi connectivity index (χ2n) is 5.97. The first kappa shape index (κ1) is 15.5. The fourth-order valence-corrected chi connectivity index (χ4v) is 2.88. The summed E-state index contributed by atoms with van der Waals surface area (Å²) in [6.07, 6.45) is 3.43. The Bertz CT molecular complexity index is 740. The predicted octanol–water partition coefficient (Wildman–Crippen LogP) is 3.69. The third-order valence-electron chi connectivity index (χ3n) is 4.27. The number of pyridine rings is 1. The Kier molecular flexibility index (Phi) is 4.33. The van der Waals surface area contributed by atoms with Crippen LogP contribution in [0.15, 0.2) is 30.5 Å². The molecule has 0 atom stereocenters. The van der Waals surface area contributed by atoms with Gasteiger partial charge in [-0.3, -0.25) is 4.79 Å². The van der Waals surface area contributed by atoms with Crippen LogP contribution >= 0.6 is 0 Å². The largest absolute Gasteiger partial charge is 0.491 e. The van der Waals surface area contributed by atoms with E-state index in [9.17, 15) is 4.79 Å². The Morgan fingerprint density at radius 1 is 1.30 bits per heavy atom. The third-order valence-corrected chi connectivity index (χ3v) is 4.27. The molecule has 0 N–H and O–H groups in total. The Morgan fingerprint density at radius 3 is 2.87 bits per heavy atom. The van der Waals surface area contributed by atoms with Crippen molar-refractivity contribution >= 4 is 11.6 Å². The number of fused-ring (bicyclic) bond motifs is 1. The van der Waals surface area contributed by atoms with E-state index in [2.05, 4.69) is 31.0 Å². The van der Waals surface area contributed by atoms with Crippen molar-refractivity contribution < 1.29 is 9.53 Å². The zero-order chi connectivity index (χ0) is 16.4. The second kappa shape index (κ2) is 6.41. The molecule has 2 aromatic rings. The number of amides is 1. The summed E-state index contributed by atoms with van der Waals surface area (Å²) in [5, 5.41) is 0. The van der Waals surface area contributed by atoms with Gasteiger partial charge in [0.2, 0.25) is 0 Å². The molecule has 3 rings (SSSR count). The molecule has 2 heterocycles. The lowest BCUT2D eigenvalue weighted by molar-refractivity contribution is 0.0980. The summed E-state index contributed by atoms with van der Waals surface area (Å²) >= 11 is 0. The van der Waals surface area contributed by atoms with E-state index in [4.69, 9.17) is 4.74 Å². The van der Waals surface area contributed by atoms with Crippen molar-refractivity contribution in [3.63, 3.8) is 0 Å². The van der Waals surface area contributed by atoms with E-state index in [1.165, 1.54) is 16.7 Å². The van der Waals surface area contributed by atoms with E-state index in [-0.39, 0.29) is 5.91 Å². The van der Waals surface area contributed by atoms with Crippen LogP contribution in [0, 0.1) is 13.8 Å². The van der Waals surface area contributed by atoms with Gasteiger partial charge >= 0.3 is 0 Å². The summed E-state index contributed by atoms with van der Waals surface area (Å²) in [5.41, 5.74) is 5.10. The Hall–Kier alpha value is -2.36. The summed E-state index contributed by atoms with van der Waals surface area (Å²) in [4.78, 5) is 19.1. The van der Waals surface area contributed by atoms with E-state index in [1.807, 2.05) is 17.9 Å². The zero-order valence-electron chi connectivity index (χ0n) is 13.9. The number of hydrogen-bond acceptors (Lipinski definition) is 3. The molecule has 1 aliphatic heterocycles. The summed E-state index contributed by atoms with van der Waals surface area (Å²) in [7, 11) is 0. The van der Waals surface area contributed by atoms with E-state index in [0.29, 0.717) is 24.6 Å². The van der Waals surface area contributed by atoms with Crippen LogP contribution in [-0.4, -0.2) is 24.0 Å². The molecule has 1 aliphatic rings. The normalized spacial score (nSPS) is 13.1. The zero-order valence-corrected chi connectivity index (χ0v) is 13.9. The highest BCUT2D eigenvalue weighted by Crippen LogP contribution is 2.32. The highest BCUT2D eigenvalue weighted by atomic mass is 16.5. The van der Waals surface area contributed by atoms with Crippen molar-refractivity contribution in [3.05, 3.63) is 52.8 Å². The van der Waals surface area contributed by atoms with Crippen LogP contribution in [0.2, 0.25) is 0 Å². The standard InChI is InChI=1S/C19H22N2O2/c1-4-10-23-17-6-5-8-20-18(17)19(22)21-9-7-15-11-13(2)14(3)12-16(15)21/h5-6,8,11-12H,4,7,9-10H2,1-3H3. The maximum atomic E-state index is 13.0. The van der Waals surface area contributed by atoms with Gasteiger partial charge in [0, 0.05) is 18.4 Å². The summed E-state index contributed by atoms with van der Waals surface area (Å²) in [5.74, 6) is 0.482. The van der Waals surface area contributed by atoms with Gasteiger partial charge in [-0.25, -0.2) is 4.98 Å². The molecule has 0 radical (unpaired) electrons. The minimum absolute atomic E-state index is 0.0845. The summed E-state index contributed by atoms with van der Waals surface area (Å²) in [6, 6.07) is 7.90. The number of nitrogens with zero attached hydrogens (tertiary/aromatic N) is 2. The number of carbonyl (C=O) groups is 1. The monoisotopic (exact) mass is 310 g/mol. The first-order valence-electron chi connectivity index (χ1n) is 8.11. The van der Waals surface area contributed by atoms with Gasteiger partial charge in [0.25, 0.3) is 5.91 Å². The van der Waals surface area contributed by atoms with Gasteiger partial charge in [0.05, 0.1) is 6.61 Å². The van der Waals surface area contributed by atoms with Crippen molar-refractivity contribution in [1.82, 2.24) is 4.98 Å². The molecule has 0 bridgehead atoms. The average molecular weight is 310 g/mol. The van der Waals surface area contributed by atoms with Crippen LogP contribution in [0.5, 0.6) is 5.75 Å². The Balaban J connectivity index is 1.93. The van der Waals surface area contributed by atoms with Crippen LogP contribution in [0.4, 0.5) is 5.69 Å². The lowest BCUT2D eigenvalue weighted by Crippen LogP contribution is -2.30. The molecule has 4 heteroatoms. The molecule has 4 nitrogen and oxygen atoms in total. The number of ether oxygens (including phenoxy) is 1. The van der Waals surface area contributed by atoms with E-state index in [1.54, 1.807) is 12.3 Å². The fourth-order valence-electron chi connectivity index (χ4n) is 2.88. The maximum Gasteiger partial charge on any atom is 0.280 e.